The van der Waals surface area contributed by atoms with Crippen molar-refractivity contribution in [3.05, 3.63) is 460 Å². The minimum atomic E-state index is -0.0896. The maximum absolute atomic E-state index is 6.39. The van der Waals surface area contributed by atoms with E-state index < -0.39 is 0 Å². The molecule has 0 bridgehead atoms. The molecule has 0 N–H and O–H groups in total. The zero-order valence-electron chi connectivity index (χ0n) is 77.3. The normalized spacial score (nSPS) is 12.5. The molecule has 0 spiro atoms. The van der Waals surface area contributed by atoms with Crippen LogP contribution >= 0.6 is 0 Å². The largest absolute Gasteiger partial charge is 0.456 e. The van der Waals surface area contributed by atoms with Gasteiger partial charge in [-0.1, -0.05) is 329 Å². The first-order valence-electron chi connectivity index (χ1n) is 48.3. The lowest BCUT2D eigenvalue weighted by Gasteiger charge is -2.21. The molecule has 0 atom stereocenters. The molecule has 11 heterocycles. The average molecular weight is 1830 g/mol. The highest BCUT2D eigenvalue weighted by molar-refractivity contribution is 6.28. The Labute approximate surface area is 816 Å². The summed E-state index contributed by atoms with van der Waals surface area (Å²) in [4.78, 5) is 31.2. The molecule has 0 saturated carbocycles. The number of benzene rings is 19. The van der Waals surface area contributed by atoms with Gasteiger partial charge in [-0.3, -0.25) is 0 Å². The first-order valence-corrected chi connectivity index (χ1v) is 48.3. The van der Waals surface area contributed by atoms with Gasteiger partial charge < -0.3 is 35.9 Å². The van der Waals surface area contributed by atoms with Crippen LogP contribution in [0.5, 0.6) is 0 Å². The highest BCUT2D eigenvalue weighted by atomic mass is 16.3. The van der Waals surface area contributed by atoms with Crippen molar-refractivity contribution >= 4 is 175 Å². The van der Waals surface area contributed by atoms with Crippen molar-refractivity contribution in [2.45, 2.75) is 19.3 Å². The molecule has 0 saturated heterocycles. The van der Waals surface area contributed by atoms with Gasteiger partial charge >= 0.3 is 0 Å². The van der Waals surface area contributed by atoms with E-state index in [2.05, 4.69) is 360 Å². The molecule has 1 aliphatic rings. The number of para-hydroxylation sites is 10. The molecular weight excluding hydrogens is 1750 g/mol. The van der Waals surface area contributed by atoms with Gasteiger partial charge in [0.1, 0.15) is 61.5 Å². The van der Waals surface area contributed by atoms with Crippen molar-refractivity contribution in [3.8, 4) is 102 Å². The number of hydrogen-bond donors (Lipinski definition) is 0. The third-order valence-electron chi connectivity index (χ3n) is 29.0. The predicted molar refractivity (Wildman–Crippen MR) is 583 cm³/mol. The van der Waals surface area contributed by atoms with Crippen LogP contribution in [0.25, 0.3) is 277 Å². The monoisotopic (exact) mass is 1830 g/mol. The first-order chi connectivity index (χ1) is 70.7. The van der Waals surface area contributed by atoms with E-state index in [0.717, 1.165) is 161 Å². The van der Waals surface area contributed by atoms with Crippen molar-refractivity contribution in [2.75, 3.05) is 0 Å². The second-order valence-corrected chi connectivity index (χ2v) is 37.3. The summed E-state index contributed by atoms with van der Waals surface area (Å²) in [6.45, 7) is 4.68. The van der Waals surface area contributed by atoms with E-state index in [1.807, 2.05) is 121 Å². The Hall–Kier alpha value is -19.2. The molecule has 0 unspecified atom stereocenters. The number of furan rings is 4. The maximum atomic E-state index is 6.39. The molecule has 0 amide bonds. The summed E-state index contributed by atoms with van der Waals surface area (Å²) in [7, 11) is 0. The minimum Gasteiger partial charge on any atom is -0.456 e. The Morgan fingerprint density at radius 1 is 0.210 bits per heavy atom. The summed E-state index contributed by atoms with van der Waals surface area (Å²) in [5.41, 5.74) is 35.6. The third kappa shape index (κ3) is 12.6. The van der Waals surface area contributed by atoms with Crippen LogP contribution < -0.4 is 0 Å². The van der Waals surface area contributed by atoms with Crippen molar-refractivity contribution in [3.63, 3.8) is 0 Å². The van der Waals surface area contributed by atoms with Crippen LogP contribution in [0.1, 0.15) is 25.0 Å². The summed E-state index contributed by atoms with van der Waals surface area (Å²) in [6, 6.07) is 157. The molecule has 14 heteroatoms. The fraction of sp³-hybridized carbons (Fsp3) is 0.0233. The Balaban J connectivity index is 0.000000102. The smallest absolute Gasteiger partial charge is 0.180 e. The number of rotatable bonds is 10. The Bertz CT molecular complexity index is 10500. The summed E-state index contributed by atoms with van der Waals surface area (Å²) in [5, 5.41) is 14.8. The molecule has 30 aromatic rings. The van der Waals surface area contributed by atoms with E-state index in [-0.39, 0.29) is 5.41 Å². The van der Waals surface area contributed by atoms with Crippen molar-refractivity contribution < 1.29 is 17.7 Å². The van der Waals surface area contributed by atoms with Gasteiger partial charge in [0.2, 0.25) is 0 Å². The van der Waals surface area contributed by atoms with E-state index >= 15 is 0 Å². The zero-order valence-corrected chi connectivity index (χ0v) is 77.3. The molecule has 143 heavy (non-hydrogen) atoms. The van der Waals surface area contributed by atoms with Gasteiger partial charge in [0.15, 0.2) is 34.2 Å². The van der Waals surface area contributed by atoms with Crippen LogP contribution in [-0.4, -0.2) is 48.2 Å². The van der Waals surface area contributed by atoms with Crippen molar-refractivity contribution in [1.82, 2.24) is 48.2 Å². The molecular formula is C129H80N10O4. The Kier molecular flexibility index (Phi) is 18.1. The van der Waals surface area contributed by atoms with Crippen LogP contribution in [-0.2, 0) is 5.41 Å². The van der Waals surface area contributed by atoms with Gasteiger partial charge in [0, 0.05) is 126 Å². The van der Waals surface area contributed by atoms with E-state index in [1.54, 1.807) is 0 Å². The minimum absolute atomic E-state index is 0.0896. The third-order valence-corrected chi connectivity index (χ3v) is 29.0. The highest BCUT2D eigenvalue weighted by Crippen LogP contribution is 2.55. The number of nitrogens with zero attached hydrogens (tertiary/aromatic N) is 10. The average Bonchev–Trinajstić information content (AvgIpc) is 1.55. The summed E-state index contributed by atoms with van der Waals surface area (Å²) in [5.74, 6) is 1.96. The summed E-state index contributed by atoms with van der Waals surface area (Å²) < 4.78 is 35.1. The molecule has 11 aromatic heterocycles. The summed E-state index contributed by atoms with van der Waals surface area (Å²) in [6.07, 6.45) is 0. The lowest BCUT2D eigenvalue weighted by Crippen LogP contribution is -2.14. The van der Waals surface area contributed by atoms with E-state index in [0.29, 0.717) is 34.2 Å². The zero-order chi connectivity index (χ0) is 94.2. The lowest BCUT2D eigenvalue weighted by molar-refractivity contribution is 0.660. The van der Waals surface area contributed by atoms with Crippen LogP contribution in [0.3, 0.4) is 0 Å². The van der Waals surface area contributed by atoms with Crippen molar-refractivity contribution in [2.24, 2.45) is 0 Å². The van der Waals surface area contributed by atoms with Gasteiger partial charge in [-0.05, 0) is 150 Å². The van der Waals surface area contributed by atoms with Gasteiger partial charge in [-0.15, -0.1) is 0 Å². The standard InChI is InChI=1S/C46H28N4O.C43H29N3O.C40H23N3O2/c1-3-14-29(15-4-1)42-45-43(36-22-9-12-25-40(36)51-45)48-46(47-42)30-16-13-19-32(28-30)50-37-23-10-7-20-33(37)34-26-27-39-41(44(34)50)35-21-8-11-24-38(35)49(39)31-17-5-2-6-18-31;1-43(2)33-20-9-6-18-31(33)37-34(43)24-23-30-29-17-7-10-21-35(29)46(40(30)37)28-16-12-15-27(25-28)42-44-38(26-13-4-3-5-14-26)41-39(45-42)32-19-8-11-22-36(32)47-41;1-2-12-24(13-3-1)36-39-37(29-17-7-11-21-33(29)45-39)42-40(41-36)27-15-5-9-19-31(27)43-30-18-8-4-14-25(30)26-22-23-34-35(38(26)43)28-16-6-10-20-32(28)44-34/h1-28H;3-25H,1-2H3;1-23H. The molecule has 670 valence electrons. The van der Waals surface area contributed by atoms with Gasteiger partial charge in [-0.2, -0.15) is 0 Å². The fourth-order valence-corrected chi connectivity index (χ4v) is 22.6. The molecule has 19 aromatic carbocycles. The SMILES string of the molecule is CC1(C)c2ccccc2-c2c1ccc1c3ccccc3n(-c3cccc(-c4nc(-c5ccccc5)c5oc6ccccc6c5n4)c3)c21.c1ccc(-c2nc(-c3cccc(-n4c5ccccc5c5ccc6c(c7ccccc7n6-c6ccccc6)c54)c3)nc3c2oc2ccccc23)cc1.c1ccc(-c2nc(-c3ccccc3-n3c4ccccc4c4ccc5oc6ccccc6c5c43)nc3c2oc2ccccc23)cc1. The first kappa shape index (κ1) is 81.0. The molecule has 0 fully saturated rings. The lowest BCUT2D eigenvalue weighted by atomic mass is 9.82. The van der Waals surface area contributed by atoms with E-state index in [9.17, 15) is 0 Å². The van der Waals surface area contributed by atoms with E-state index in [1.165, 1.54) is 92.9 Å². The Morgan fingerprint density at radius 3 is 1.10 bits per heavy atom. The van der Waals surface area contributed by atoms with Gasteiger partial charge in [-0.25, -0.2) is 29.9 Å². The second kappa shape index (κ2) is 32.0. The van der Waals surface area contributed by atoms with Gasteiger partial charge in [0.05, 0.1) is 55.2 Å². The van der Waals surface area contributed by atoms with Crippen molar-refractivity contribution in [1.29, 1.82) is 0 Å². The van der Waals surface area contributed by atoms with Crippen LogP contribution in [0, 0.1) is 0 Å². The second-order valence-electron chi connectivity index (χ2n) is 37.3. The molecule has 31 rings (SSSR count). The topological polar surface area (TPSA) is 150 Å². The van der Waals surface area contributed by atoms with Gasteiger partial charge in [0.25, 0.3) is 0 Å². The number of aromatic nitrogens is 10. The fourth-order valence-electron chi connectivity index (χ4n) is 22.6. The molecule has 1 aliphatic carbocycles. The van der Waals surface area contributed by atoms with Crippen LogP contribution in [0.4, 0.5) is 0 Å². The number of hydrogen-bond acceptors (Lipinski definition) is 10. The molecule has 14 nitrogen and oxygen atoms in total. The quantitative estimate of drug-likeness (QED) is 0.129. The maximum Gasteiger partial charge on any atom is 0.180 e. The van der Waals surface area contributed by atoms with Crippen LogP contribution in [0.2, 0.25) is 0 Å². The molecule has 0 radical (unpaired) electrons. The molecule has 0 aliphatic heterocycles. The number of fused-ring (bicyclic) bond motifs is 30. The van der Waals surface area contributed by atoms with Crippen LogP contribution in [0.15, 0.2) is 467 Å². The Morgan fingerprint density at radius 2 is 0.573 bits per heavy atom. The predicted octanol–water partition coefficient (Wildman–Crippen LogP) is 33.7. The summed E-state index contributed by atoms with van der Waals surface area (Å²) >= 11 is 0. The van der Waals surface area contributed by atoms with E-state index in [4.69, 9.17) is 47.6 Å². The highest BCUT2D eigenvalue weighted by Gasteiger charge is 2.38.